The van der Waals surface area contributed by atoms with Crippen molar-refractivity contribution in [2.45, 2.75) is 50.1 Å². The van der Waals surface area contributed by atoms with Crippen molar-refractivity contribution in [3.63, 3.8) is 0 Å². The molecule has 2 fully saturated rings. The monoisotopic (exact) mass is 299 g/mol. The van der Waals surface area contributed by atoms with E-state index in [-0.39, 0.29) is 12.2 Å². The van der Waals surface area contributed by atoms with Crippen LogP contribution < -0.4 is 0 Å². The third-order valence-corrected chi connectivity index (χ3v) is 4.49. The van der Waals surface area contributed by atoms with Gasteiger partial charge in [0.05, 0.1) is 6.10 Å². The molecule has 0 N–H and O–H groups in total. The lowest BCUT2D eigenvalue weighted by Crippen LogP contribution is -2.33. The Morgan fingerprint density at radius 2 is 1.84 bits per heavy atom. The molecule has 1 saturated carbocycles. The summed E-state index contributed by atoms with van der Waals surface area (Å²) in [5, 5.41) is 1.24. The van der Waals surface area contributed by atoms with Gasteiger partial charge in [-0.1, -0.05) is 35.7 Å². The summed E-state index contributed by atoms with van der Waals surface area (Å²) in [5.74, 6) is -0.446. The fourth-order valence-electron chi connectivity index (χ4n) is 2.99. The molecule has 1 radical (unpaired) electrons. The first kappa shape index (κ1) is 13.7. The van der Waals surface area contributed by atoms with E-state index in [1.165, 1.54) is 6.42 Å². The first-order valence-electron chi connectivity index (χ1n) is 6.73. The number of rotatable bonds is 1. The summed E-state index contributed by atoms with van der Waals surface area (Å²) < 4.78 is 12.2. The van der Waals surface area contributed by atoms with Crippen LogP contribution in [0, 0.1) is 6.92 Å². The van der Waals surface area contributed by atoms with Crippen LogP contribution in [0.2, 0.25) is 10.0 Å². The summed E-state index contributed by atoms with van der Waals surface area (Å²) in [7, 11) is 0. The van der Waals surface area contributed by atoms with Crippen molar-refractivity contribution in [1.82, 2.24) is 0 Å². The minimum absolute atomic E-state index is 0.206. The van der Waals surface area contributed by atoms with Gasteiger partial charge in [-0.3, -0.25) is 0 Å². The van der Waals surface area contributed by atoms with Gasteiger partial charge >= 0.3 is 0 Å². The Morgan fingerprint density at radius 3 is 2.53 bits per heavy atom. The maximum absolute atomic E-state index is 6.25. The third-order valence-electron chi connectivity index (χ3n) is 3.93. The van der Waals surface area contributed by atoms with E-state index >= 15 is 0 Å². The second-order valence-corrected chi connectivity index (χ2v) is 6.18. The van der Waals surface area contributed by atoms with E-state index in [0.717, 1.165) is 31.2 Å². The predicted molar refractivity (Wildman–Crippen MR) is 76.3 cm³/mol. The van der Waals surface area contributed by atoms with Crippen LogP contribution in [0.25, 0.3) is 0 Å². The fraction of sp³-hybridized carbons (Fsp3) is 0.533. The van der Waals surface area contributed by atoms with Crippen molar-refractivity contribution in [1.29, 1.82) is 0 Å². The van der Waals surface area contributed by atoms with Crippen LogP contribution in [-0.2, 0) is 9.47 Å². The molecule has 0 bridgehead atoms. The fourth-order valence-corrected chi connectivity index (χ4v) is 3.51. The van der Waals surface area contributed by atoms with Crippen molar-refractivity contribution >= 4 is 23.2 Å². The van der Waals surface area contributed by atoms with Crippen LogP contribution in [0.3, 0.4) is 0 Å². The smallest absolute Gasteiger partial charge is 0.169 e. The van der Waals surface area contributed by atoms with E-state index in [4.69, 9.17) is 32.7 Å². The molecule has 1 saturated heterocycles. The Morgan fingerprint density at radius 1 is 1.11 bits per heavy atom. The molecule has 0 amide bonds. The molecular formula is C15H17Cl2O2. The Balaban J connectivity index is 1.85. The van der Waals surface area contributed by atoms with E-state index in [1.807, 2.05) is 12.1 Å². The molecule has 2 nitrogen and oxygen atoms in total. The lowest BCUT2D eigenvalue weighted by molar-refractivity contribution is -0.192. The highest BCUT2D eigenvalue weighted by molar-refractivity contribution is 6.35. The maximum Gasteiger partial charge on any atom is 0.169 e. The molecule has 2 atom stereocenters. The molecule has 19 heavy (non-hydrogen) atoms. The van der Waals surface area contributed by atoms with E-state index in [2.05, 4.69) is 6.92 Å². The summed E-state index contributed by atoms with van der Waals surface area (Å²) in [6.45, 7) is 4.07. The van der Waals surface area contributed by atoms with Crippen LogP contribution in [0.1, 0.15) is 43.8 Å². The zero-order valence-corrected chi connectivity index (χ0v) is 12.2. The second-order valence-electron chi connectivity index (χ2n) is 5.33. The SMILES string of the molecule is [CH2][C@@H]1OC2(CCCCC2)O[C@H]1c1ccc(Cl)cc1Cl. The zero-order valence-electron chi connectivity index (χ0n) is 10.7. The third kappa shape index (κ3) is 2.64. The quantitative estimate of drug-likeness (QED) is 0.731. The standard InChI is InChI=1S/C15H17Cl2O2/c1-10-14(12-6-5-11(16)9-13(12)17)19-15(18-10)7-3-2-4-8-15/h5-6,9-10,14H,1-4,7-8H2/t10-,14+/m0/s1. The second kappa shape index (κ2) is 5.25. The number of halogens is 2. The van der Waals surface area contributed by atoms with Crippen LogP contribution in [0.15, 0.2) is 18.2 Å². The Kier molecular flexibility index (Phi) is 3.78. The average Bonchev–Trinajstić information content (AvgIpc) is 2.67. The summed E-state index contributed by atoms with van der Waals surface area (Å²) in [6.07, 6.45) is 5.01. The molecule has 3 rings (SSSR count). The minimum atomic E-state index is -0.446. The topological polar surface area (TPSA) is 18.5 Å². The Labute approximate surface area is 124 Å². The van der Waals surface area contributed by atoms with Crippen molar-refractivity contribution in [3.05, 3.63) is 40.7 Å². The molecule has 1 aromatic rings. The van der Waals surface area contributed by atoms with Crippen LogP contribution in [0.4, 0.5) is 0 Å². The molecule has 103 valence electrons. The van der Waals surface area contributed by atoms with Crippen molar-refractivity contribution < 1.29 is 9.47 Å². The minimum Gasteiger partial charge on any atom is -0.344 e. The van der Waals surface area contributed by atoms with Gasteiger partial charge in [0.15, 0.2) is 5.79 Å². The summed E-state index contributed by atoms with van der Waals surface area (Å²) in [4.78, 5) is 0. The first-order valence-corrected chi connectivity index (χ1v) is 7.49. The molecule has 1 aliphatic carbocycles. The van der Waals surface area contributed by atoms with Gasteiger partial charge in [0.1, 0.15) is 6.10 Å². The molecule has 1 aliphatic heterocycles. The van der Waals surface area contributed by atoms with Gasteiger partial charge in [-0.25, -0.2) is 0 Å². The zero-order chi connectivity index (χ0) is 13.5. The molecule has 1 aromatic carbocycles. The van der Waals surface area contributed by atoms with Gasteiger partial charge in [-0.05, 0) is 31.9 Å². The molecule has 0 unspecified atom stereocenters. The summed E-state index contributed by atoms with van der Waals surface area (Å²) in [5.41, 5.74) is 0.911. The van der Waals surface area contributed by atoms with Gasteiger partial charge in [0.2, 0.25) is 0 Å². The average molecular weight is 300 g/mol. The lowest BCUT2D eigenvalue weighted by Gasteiger charge is -2.31. The Bertz CT molecular complexity index is 469. The highest BCUT2D eigenvalue weighted by atomic mass is 35.5. The van der Waals surface area contributed by atoms with Gasteiger partial charge in [0, 0.05) is 28.5 Å². The highest BCUT2D eigenvalue weighted by Gasteiger charge is 2.47. The van der Waals surface area contributed by atoms with Gasteiger partial charge < -0.3 is 9.47 Å². The summed E-state index contributed by atoms with van der Waals surface area (Å²) in [6, 6.07) is 5.46. The summed E-state index contributed by atoms with van der Waals surface area (Å²) >= 11 is 12.2. The molecule has 4 heteroatoms. The Hall–Kier alpha value is -0.280. The van der Waals surface area contributed by atoms with Crippen LogP contribution >= 0.6 is 23.2 Å². The van der Waals surface area contributed by atoms with Crippen molar-refractivity contribution in [3.8, 4) is 0 Å². The molecule has 2 aliphatic rings. The van der Waals surface area contributed by atoms with Crippen LogP contribution in [0.5, 0.6) is 0 Å². The molecule has 1 heterocycles. The van der Waals surface area contributed by atoms with Gasteiger partial charge in [-0.15, -0.1) is 0 Å². The van der Waals surface area contributed by atoms with E-state index in [1.54, 1.807) is 6.07 Å². The largest absolute Gasteiger partial charge is 0.344 e. The van der Waals surface area contributed by atoms with Crippen molar-refractivity contribution in [2.75, 3.05) is 0 Å². The number of hydrogen-bond acceptors (Lipinski definition) is 2. The van der Waals surface area contributed by atoms with Gasteiger partial charge in [0.25, 0.3) is 0 Å². The molecule has 1 spiro atoms. The molecule has 0 aromatic heterocycles. The van der Waals surface area contributed by atoms with E-state index in [9.17, 15) is 0 Å². The lowest BCUT2D eigenvalue weighted by atomic mass is 9.94. The number of hydrogen-bond donors (Lipinski definition) is 0. The predicted octanol–water partition coefficient (Wildman–Crippen LogP) is 4.94. The highest BCUT2D eigenvalue weighted by Crippen LogP contribution is 2.47. The number of benzene rings is 1. The first-order chi connectivity index (χ1) is 9.10. The number of ether oxygens (including phenoxy) is 2. The van der Waals surface area contributed by atoms with Gasteiger partial charge in [-0.2, -0.15) is 0 Å². The van der Waals surface area contributed by atoms with Crippen molar-refractivity contribution in [2.24, 2.45) is 0 Å². The van der Waals surface area contributed by atoms with Crippen LogP contribution in [-0.4, -0.2) is 11.9 Å². The molecular weight excluding hydrogens is 283 g/mol. The van der Waals surface area contributed by atoms with E-state index < -0.39 is 5.79 Å². The normalized spacial score (nSPS) is 29.8. The van der Waals surface area contributed by atoms with E-state index in [0.29, 0.717) is 10.0 Å². The maximum atomic E-state index is 6.25.